The second-order valence-electron chi connectivity index (χ2n) is 16.4. The number of rotatable bonds is 35. The molecule has 0 radical (unpaired) electrons. The molecular weight excluding hydrogens is 606 g/mol. The van der Waals surface area contributed by atoms with Crippen molar-refractivity contribution < 1.29 is 19.4 Å². The highest BCUT2D eigenvalue weighted by atomic mass is 16.5. The molecule has 1 saturated carbocycles. The number of hydrogen-bond acceptors (Lipinski definition) is 5. The van der Waals surface area contributed by atoms with Crippen molar-refractivity contribution in [3.63, 3.8) is 0 Å². The summed E-state index contributed by atoms with van der Waals surface area (Å²) in [5.74, 6) is 0.813. The third kappa shape index (κ3) is 27.6. The summed E-state index contributed by atoms with van der Waals surface area (Å²) in [6, 6.07) is 0. The van der Waals surface area contributed by atoms with Crippen molar-refractivity contribution in [3.05, 3.63) is 0 Å². The number of hydrogen-bond donors (Lipinski definition) is 1. The van der Waals surface area contributed by atoms with E-state index in [1.165, 1.54) is 154 Å². The van der Waals surface area contributed by atoms with Gasteiger partial charge < -0.3 is 19.5 Å². The SMILES string of the molecule is CCCCCCCCC(CCCCCCCC)OC(C)(C)CCCCCCCN(CCO)CCCC(=O)OC1CCC(CCCCC)CC1. The Bertz CT molecular complexity index is 704. The smallest absolute Gasteiger partial charge is 0.306 e. The molecule has 0 aromatic carbocycles. The molecule has 1 aliphatic carbocycles. The lowest BCUT2D eigenvalue weighted by atomic mass is 9.84. The minimum absolute atomic E-state index is 0.0265. The Balaban J connectivity index is 2.23. The third-order valence-corrected chi connectivity index (χ3v) is 11.1. The van der Waals surface area contributed by atoms with Gasteiger partial charge in [0, 0.05) is 13.0 Å². The quantitative estimate of drug-likeness (QED) is 0.0529. The van der Waals surface area contributed by atoms with Crippen molar-refractivity contribution in [2.45, 2.75) is 245 Å². The summed E-state index contributed by atoms with van der Waals surface area (Å²) < 4.78 is 12.7. The summed E-state index contributed by atoms with van der Waals surface area (Å²) in [5, 5.41) is 9.60. The summed E-state index contributed by atoms with van der Waals surface area (Å²) in [4.78, 5) is 14.8. The number of aliphatic hydroxyl groups excluding tert-OH is 1. The minimum atomic E-state index is -0.0399. The maximum Gasteiger partial charge on any atom is 0.306 e. The molecule has 5 nitrogen and oxygen atoms in total. The number of carbonyl (C=O) groups is 1. The Labute approximate surface area is 306 Å². The summed E-state index contributed by atoms with van der Waals surface area (Å²) in [7, 11) is 0. The first-order chi connectivity index (χ1) is 23.8. The van der Waals surface area contributed by atoms with Gasteiger partial charge in [0.25, 0.3) is 0 Å². The first kappa shape index (κ1) is 46.4. The number of esters is 1. The van der Waals surface area contributed by atoms with Crippen LogP contribution in [-0.2, 0) is 14.3 Å². The molecule has 0 aromatic rings. The molecule has 0 aliphatic heterocycles. The van der Waals surface area contributed by atoms with Gasteiger partial charge in [-0.1, -0.05) is 149 Å². The van der Waals surface area contributed by atoms with E-state index in [2.05, 4.69) is 39.5 Å². The summed E-state index contributed by atoms with van der Waals surface area (Å²) in [6.07, 6.45) is 37.8. The monoisotopic (exact) mass is 694 g/mol. The van der Waals surface area contributed by atoms with Gasteiger partial charge in [-0.15, -0.1) is 0 Å². The first-order valence-electron chi connectivity index (χ1n) is 22.0. The van der Waals surface area contributed by atoms with E-state index in [1.807, 2.05) is 0 Å². The molecule has 49 heavy (non-hydrogen) atoms. The van der Waals surface area contributed by atoms with Crippen LogP contribution in [0.25, 0.3) is 0 Å². The van der Waals surface area contributed by atoms with Crippen molar-refractivity contribution in [1.29, 1.82) is 0 Å². The van der Waals surface area contributed by atoms with Gasteiger partial charge in [-0.25, -0.2) is 0 Å². The highest BCUT2D eigenvalue weighted by molar-refractivity contribution is 5.69. The van der Waals surface area contributed by atoms with Crippen LogP contribution in [0.15, 0.2) is 0 Å². The lowest BCUT2D eigenvalue weighted by molar-refractivity contribution is -0.151. The first-order valence-corrected chi connectivity index (χ1v) is 22.0. The topological polar surface area (TPSA) is 59.0 Å². The van der Waals surface area contributed by atoms with Crippen LogP contribution in [0.5, 0.6) is 0 Å². The molecule has 1 fully saturated rings. The molecule has 292 valence electrons. The minimum Gasteiger partial charge on any atom is -0.462 e. The zero-order valence-corrected chi connectivity index (χ0v) is 33.9. The Morgan fingerprint density at radius 2 is 1.16 bits per heavy atom. The van der Waals surface area contributed by atoms with Crippen molar-refractivity contribution in [1.82, 2.24) is 4.90 Å². The van der Waals surface area contributed by atoms with E-state index < -0.39 is 0 Å². The van der Waals surface area contributed by atoms with Crippen LogP contribution in [-0.4, -0.2) is 60.0 Å². The van der Waals surface area contributed by atoms with Crippen molar-refractivity contribution >= 4 is 5.97 Å². The third-order valence-electron chi connectivity index (χ3n) is 11.1. The standard InChI is InChI=1S/C44H87NO4/c1-6-9-12-14-17-22-28-42(29-23-18-15-13-10-7-2)49-44(4,5)35-24-19-16-20-25-36-45(38-39-46)37-26-30-43(47)48-41-33-31-40(32-34-41)27-21-11-8-3/h40-42,46H,6-39H2,1-5H3. The Kier molecular flexibility index (Phi) is 30.3. The number of carbonyl (C=O) groups excluding carboxylic acids is 1. The number of nitrogens with zero attached hydrogens (tertiary/aromatic N) is 1. The van der Waals surface area contributed by atoms with Crippen LogP contribution in [0.4, 0.5) is 0 Å². The van der Waals surface area contributed by atoms with E-state index >= 15 is 0 Å². The lowest BCUT2D eigenvalue weighted by Crippen LogP contribution is -2.31. The van der Waals surface area contributed by atoms with Crippen LogP contribution < -0.4 is 0 Å². The molecular formula is C44H87NO4. The zero-order chi connectivity index (χ0) is 35.8. The fourth-order valence-corrected chi connectivity index (χ4v) is 7.88. The zero-order valence-electron chi connectivity index (χ0n) is 33.9. The van der Waals surface area contributed by atoms with E-state index in [0.717, 1.165) is 51.1 Å². The Morgan fingerprint density at radius 1 is 0.653 bits per heavy atom. The average Bonchev–Trinajstić information content (AvgIpc) is 3.08. The van der Waals surface area contributed by atoms with Gasteiger partial charge in [0.1, 0.15) is 6.10 Å². The molecule has 5 heteroatoms. The van der Waals surface area contributed by atoms with Gasteiger partial charge >= 0.3 is 5.97 Å². The van der Waals surface area contributed by atoms with Gasteiger partial charge in [-0.3, -0.25) is 4.79 Å². The van der Waals surface area contributed by atoms with Gasteiger partial charge in [-0.05, 0) is 90.6 Å². The summed E-state index contributed by atoms with van der Waals surface area (Å²) >= 11 is 0. The van der Waals surface area contributed by atoms with Gasteiger partial charge in [0.2, 0.25) is 0 Å². The molecule has 0 atom stereocenters. The number of ether oxygens (including phenoxy) is 2. The van der Waals surface area contributed by atoms with Crippen LogP contribution >= 0.6 is 0 Å². The Morgan fingerprint density at radius 3 is 1.76 bits per heavy atom. The summed E-state index contributed by atoms with van der Waals surface area (Å²) in [6.45, 7) is 14.3. The van der Waals surface area contributed by atoms with Crippen molar-refractivity contribution in [2.75, 3.05) is 26.2 Å². The van der Waals surface area contributed by atoms with Gasteiger partial charge in [0.15, 0.2) is 0 Å². The van der Waals surface area contributed by atoms with Crippen LogP contribution in [0.1, 0.15) is 227 Å². The normalized spacial score (nSPS) is 17.0. The van der Waals surface area contributed by atoms with Crippen molar-refractivity contribution in [2.24, 2.45) is 5.92 Å². The average molecular weight is 694 g/mol. The van der Waals surface area contributed by atoms with Crippen LogP contribution in [0.3, 0.4) is 0 Å². The molecule has 1 rings (SSSR count). The molecule has 0 bridgehead atoms. The van der Waals surface area contributed by atoms with E-state index in [0.29, 0.717) is 19.1 Å². The van der Waals surface area contributed by atoms with Gasteiger partial charge in [-0.2, -0.15) is 0 Å². The number of aliphatic hydroxyl groups is 1. The molecule has 0 amide bonds. The molecule has 0 unspecified atom stereocenters. The van der Waals surface area contributed by atoms with Crippen molar-refractivity contribution in [3.8, 4) is 0 Å². The van der Waals surface area contributed by atoms with E-state index in [9.17, 15) is 9.90 Å². The van der Waals surface area contributed by atoms with Crippen LogP contribution in [0, 0.1) is 5.92 Å². The van der Waals surface area contributed by atoms with E-state index in [-0.39, 0.29) is 24.3 Å². The van der Waals surface area contributed by atoms with E-state index in [4.69, 9.17) is 9.47 Å². The Hall–Kier alpha value is -0.650. The molecule has 1 aliphatic rings. The molecule has 0 saturated heterocycles. The van der Waals surface area contributed by atoms with Gasteiger partial charge in [0.05, 0.1) is 18.3 Å². The largest absolute Gasteiger partial charge is 0.462 e. The molecule has 0 aromatic heterocycles. The predicted molar refractivity (Wildman–Crippen MR) is 211 cm³/mol. The fourth-order valence-electron chi connectivity index (χ4n) is 7.88. The second kappa shape index (κ2) is 32.0. The molecule has 0 spiro atoms. The lowest BCUT2D eigenvalue weighted by Gasteiger charge is -2.31. The maximum atomic E-state index is 12.5. The highest BCUT2D eigenvalue weighted by Crippen LogP contribution is 2.30. The van der Waals surface area contributed by atoms with Crippen LogP contribution in [0.2, 0.25) is 0 Å². The maximum absolute atomic E-state index is 12.5. The summed E-state index contributed by atoms with van der Waals surface area (Å²) in [5.41, 5.74) is -0.0399. The molecule has 0 heterocycles. The predicted octanol–water partition coefficient (Wildman–Crippen LogP) is 12.7. The fraction of sp³-hybridized carbons (Fsp3) is 0.977. The highest BCUT2D eigenvalue weighted by Gasteiger charge is 2.24. The number of unbranched alkanes of at least 4 members (excludes halogenated alkanes) is 16. The second-order valence-corrected chi connectivity index (χ2v) is 16.4. The van der Waals surface area contributed by atoms with E-state index in [1.54, 1.807) is 0 Å². The molecule has 1 N–H and O–H groups in total.